The molecule has 5 nitrogen and oxygen atoms in total. The average molecular weight is 406 g/mol. The lowest BCUT2D eigenvalue weighted by Gasteiger charge is -2.34. The Hall–Kier alpha value is -3.41. The molecule has 2 N–H and O–H groups in total. The Bertz CT molecular complexity index is 1070. The van der Waals surface area contributed by atoms with E-state index >= 15 is 0 Å². The number of ketones is 1. The Kier molecular flexibility index (Phi) is 5.40. The molecule has 0 spiro atoms. The SMILES string of the molecule is COc1ccc([C@H]2C(C(=O)Nc3cccc(F)c3)=C(C)NC3=C2C(=O)CCC3)cc1. The molecule has 1 heterocycles. The van der Waals surface area contributed by atoms with E-state index in [0.29, 0.717) is 34.7 Å². The minimum Gasteiger partial charge on any atom is -0.497 e. The molecule has 6 heteroatoms. The van der Waals surface area contributed by atoms with Crippen LogP contribution in [0.15, 0.2) is 71.1 Å². The van der Waals surface area contributed by atoms with Crippen LogP contribution in [0.3, 0.4) is 0 Å². The number of methoxy groups -OCH3 is 1. The molecule has 1 aliphatic heterocycles. The van der Waals surface area contributed by atoms with Gasteiger partial charge >= 0.3 is 0 Å². The van der Waals surface area contributed by atoms with E-state index in [9.17, 15) is 14.0 Å². The van der Waals surface area contributed by atoms with Crippen LogP contribution in [0.5, 0.6) is 5.75 Å². The van der Waals surface area contributed by atoms with Gasteiger partial charge in [-0.3, -0.25) is 9.59 Å². The lowest BCUT2D eigenvalue weighted by Crippen LogP contribution is -2.35. The van der Waals surface area contributed by atoms with Gasteiger partial charge in [0.2, 0.25) is 0 Å². The highest BCUT2D eigenvalue weighted by molar-refractivity contribution is 6.09. The molecule has 1 aliphatic carbocycles. The molecule has 1 atom stereocenters. The molecular formula is C24H23FN2O3. The molecule has 154 valence electrons. The van der Waals surface area contributed by atoms with Gasteiger partial charge < -0.3 is 15.4 Å². The Morgan fingerprint density at radius 1 is 1.17 bits per heavy atom. The molecule has 0 unspecified atom stereocenters. The zero-order valence-corrected chi connectivity index (χ0v) is 16.9. The summed E-state index contributed by atoms with van der Waals surface area (Å²) in [6.45, 7) is 1.83. The molecule has 1 amide bonds. The van der Waals surface area contributed by atoms with E-state index < -0.39 is 11.7 Å². The summed E-state index contributed by atoms with van der Waals surface area (Å²) in [4.78, 5) is 26.2. The summed E-state index contributed by atoms with van der Waals surface area (Å²) < 4.78 is 18.8. The van der Waals surface area contributed by atoms with Crippen molar-refractivity contribution < 1.29 is 18.7 Å². The Morgan fingerprint density at radius 3 is 2.63 bits per heavy atom. The third-order valence-electron chi connectivity index (χ3n) is 5.55. The molecule has 0 saturated heterocycles. The van der Waals surface area contributed by atoms with Crippen LogP contribution in [0.4, 0.5) is 10.1 Å². The van der Waals surface area contributed by atoms with Gasteiger partial charge in [0.1, 0.15) is 11.6 Å². The van der Waals surface area contributed by atoms with Crippen LogP contribution in [0.2, 0.25) is 0 Å². The van der Waals surface area contributed by atoms with Crippen LogP contribution in [-0.2, 0) is 9.59 Å². The number of anilines is 1. The first kappa shape index (κ1) is 19.9. The summed E-state index contributed by atoms with van der Waals surface area (Å²) >= 11 is 0. The highest BCUT2D eigenvalue weighted by Crippen LogP contribution is 2.42. The van der Waals surface area contributed by atoms with E-state index in [2.05, 4.69) is 10.6 Å². The van der Waals surface area contributed by atoms with Gasteiger partial charge in [-0.2, -0.15) is 0 Å². The molecule has 2 aromatic rings. The fourth-order valence-electron chi connectivity index (χ4n) is 4.18. The molecule has 0 fully saturated rings. The first-order valence-electron chi connectivity index (χ1n) is 9.93. The molecule has 30 heavy (non-hydrogen) atoms. The Balaban J connectivity index is 1.77. The summed E-state index contributed by atoms with van der Waals surface area (Å²) in [7, 11) is 1.59. The fourth-order valence-corrected chi connectivity index (χ4v) is 4.18. The van der Waals surface area contributed by atoms with E-state index in [1.165, 1.54) is 18.2 Å². The summed E-state index contributed by atoms with van der Waals surface area (Å²) in [6.07, 6.45) is 2.02. The maximum Gasteiger partial charge on any atom is 0.254 e. The lowest BCUT2D eigenvalue weighted by atomic mass is 9.75. The van der Waals surface area contributed by atoms with Crippen molar-refractivity contribution in [2.24, 2.45) is 0 Å². The van der Waals surface area contributed by atoms with Gasteiger partial charge in [0.15, 0.2) is 5.78 Å². The van der Waals surface area contributed by atoms with Gasteiger partial charge in [0.05, 0.1) is 7.11 Å². The van der Waals surface area contributed by atoms with Crippen LogP contribution in [0.25, 0.3) is 0 Å². The van der Waals surface area contributed by atoms with Crippen molar-refractivity contribution in [2.45, 2.75) is 32.1 Å². The average Bonchev–Trinajstić information content (AvgIpc) is 2.73. The van der Waals surface area contributed by atoms with E-state index in [1.807, 2.05) is 31.2 Å². The number of carbonyl (C=O) groups is 2. The van der Waals surface area contributed by atoms with Crippen molar-refractivity contribution in [1.29, 1.82) is 0 Å². The zero-order chi connectivity index (χ0) is 21.3. The molecule has 2 aromatic carbocycles. The number of benzene rings is 2. The Labute approximate surface area is 174 Å². The van der Waals surface area contributed by atoms with Crippen LogP contribution in [0, 0.1) is 5.82 Å². The number of Topliss-reactive ketones (excluding diaryl/α,β-unsaturated/α-hetero) is 1. The first-order chi connectivity index (χ1) is 14.5. The van der Waals surface area contributed by atoms with Crippen molar-refractivity contribution in [1.82, 2.24) is 5.32 Å². The number of dihydropyridines is 1. The maximum absolute atomic E-state index is 13.6. The minimum atomic E-state index is -0.492. The minimum absolute atomic E-state index is 0.0492. The van der Waals surface area contributed by atoms with Crippen molar-refractivity contribution in [3.63, 3.8) is 0 Å². The molecule has 0 aromatic heterocycles. The molecule has 0 saturated carbocycles. The summed E-state index contributed by atoms with van der Waals surface area (Å²) in [6, 6.07) is 13.2. The van der Waals surface area contributed by atoms with Gasteiger partial charge in [-0.05, 0) is 55.7 Å². The summed E-state index contributed by atoms with van der Waals surface area (Å²) in [5, 5.41) is 6.06. The third-order valence-corrected chi connectivity index (χ3v) is 5.55. The largest absolute Gasteiger partial charge is 0.497 e. The van der Waals surface area contributed by atoms with Crippen LogP contribution in [-0.4, -0.2) is 18.8 Å². The van der Waals surface area contributed by atoms with Crippen molar-refractivity contribution in [2.75, 3.05) is 12.4 Å². The van der Waals surface area contributed by atoms with E-state index in [0.717, 1.165) is 24.1 Å². The first-order valence-corrected chi connectivity index (χ1v) is 9.93. The second-order valence-electron chi connectivity index (χ2n) is 7.50. The van der Waals surface area contributed by atoms with Gasteiger partial charge in [0, 0.05) is 40.6 Å². The smallest absolute Gasteiger partial charge is 0.254 e. The number of rotatable bonds is 4. The van der Waals surface area contributed by atoms with E-state index in [1.54, 1.807) is 13.2 Å². The quantitative estimate of drug-likeness (QED) is 0.788. The zero-order valence-electron chi connectivity index (χ0n) is 16.9. The lowest BCUT2D eigenvalue weighted by molar-refractivity contribution is -0.116. The van der Waals surface area contributed by atoms with Crippen molar-refractivity contribution in [3.05, 3.63) is 82.5 Å². The normalized spacial score (nSPS) is 18.6. The summed E-state index contributed by atoms with van der Waals surface area (Å²) in [5.41, 5.74) is 3.87. The molecule has 0 radical (unpaired) electrons. The van der Waals surface area contributed by atoms with Gasteiger partial charge in [-0.25, -0.2) is 4.39 Å². The second kappa shape index (κ2) is 8.14. The number of ether oxygens (including phenoxy) is 1. The monoisotopic (exact) mass is 406 g/mol. The van der Waals surface area contributed by atoms with Gasteiger partial charge in [-0.15, -0.1) is 0 Å². The van der Waals surface area contributed by atoms with Gasteiger partial charge in [-0.1, -0.05) is 18.2 Å². The van der Waals surface area contributed by atoms with Crippen LogP contribution < -0.4 is 15.4 Å². The standard InChI is InChI=1S/C24H23FN2O3/c1-14-21(24(29)27-17-6-3-5-16(25)13-17)22(15-9-11-18(30-2)12-10-15)23-19(26-14)7-4-8-20(23)28/h3,5-6,9-13,22,26H,4,7-8H2,1-2H3,(H,27,29)/t22-/m0/s1. The predicted octanol–water partition coefficient (Wildman–Crippen LogP) is 4.44. The highest BCUT2D eigenvalue weighted by Gasteiger charge is 2.38. The Morgan fingerprint density at radius 2 is 1.93 bits per heavy atom. The topological polar surface area (TPSA) is 67.4 Å². The highest BCUT2D eigenvalue weighted by atomic mass is 19.1. The number of nitrogens with one attached hydrogen (secondary N) is 2. The molecule has 2 aliphatic rings. The van der Waals surface area contributed by atoms with E-state index in [4.69, 9.17) is 4.74 Å². The maximum atomic E-state index is 13.6. The predicted molar refractivity (Wildman–Crippen MR) is 112 cm³/mol. The molecular weight excluding hydrogens is 383 g/mol. The van der Waals surface area contributed by atoms with Crippen LogP contribution in [0.1, 0.15) is 37.7 Å². The van der Waals surface area contributed by atoms with Gasteiger partial charge in [0.25, 0.3) is 5.91 Å². The van der Waals surface area contributed by atoms with E-state index in [-0.39, 0.29) is 11.7 Å². The number of amides is 1. The van der Waals surface area contributed by atoms with Crippen LogP contribution >= 0.6 is 0 Å². The van der Waals surface area contributed by atoms with Crippen molar-refractivity contribution in [3.8, 4) is 5.75 Å². The number of allylic oxidation sites excluding steroid dienone is 3. The molecule has 0 bridgehead atoms. The van der Waals surface area contributed by atoms with Crippen molar-refractivity contribution >= 4 is 17.4 Å². The number of halogens is 1. The second-order valence-corrected chi connectivity index (χ2v) is 7.50. The number of hydrogen-bond donors (Lipinski definition) is 2. The number of hydrogen-bond acceptors (Lipinski definition) is 4. The fraction of sp³-hybridized carbons (Fsp3) is 0.250. The molecule has 4 rings (SSSR count). The summed E-state index contributed by atoms with van der Waals surface area (Å²) in [5.74, 6) is -0.541. The number of carbonyl (C=O) groups excluding carboxylic acids is 2. The third kappa shape index (κ3) is 3.73.